The van der Waals surface area contributed by atoms with Crippen molar-refractivity contribution in [2.45, 2.75) is 21.6 Å². The van der Waals surface area contributed by atoms with Gasteiger partial charge in [-0.3, -0.25) is 9.00 Å². The summed E-state index contributed by atoms with van der Waals surface area (Å²) in [5.41, 5.74) is -1.23. The topological polar surface area (TPSA) is 81.2 Å². The van der Waals surface area contributed by atoms with Crippen LogP contribution in [-0.4, -0.2) is 50.3 Å². The Morgan fingerprint density at radius 1 is 1.21 bits per heavy atom. The van der Waals surface area contributed by atoms with Crippen molar-refractivity contribution in [2.24, 2.45) is 5.73 Å². The van der Waals surface area contributed by atoms with Crippen LogP contribution in [0.5, 0.6) is 0 Å². The molecule has 0 aliphatic rings. The van der Waals surface area contributed by atoms with Gasteiger partial charge in [0.2, 0.25) is 0 Å². The minimum absolute atomic E-state index is 0.0310. The van der Waals surface area contributed by atoms with Crippen LogP contribution in [0.25, 0.3) is 5.69 Å². The number of hydrogen-bond acceptors (Lipinski definition) is 6. The van der Waals surface area contributed by atoms with Gasteiger partial charge in [-0.15, -0.1) is 0 Å². The average Bonchev–Trinajstić information content (AvgIpc) is 2.93. The Morgan fingerprint density at radius 2 is 1.76 bits per heavy atom. The maximum atomic E-state index is 13.3. The largest absolute Gasteiger partial charge is 0.446 e. The molecule has 0 aliphatic carbocycles. The number of alkyl halides is 6. The minimum atomic E-state index is -4.82. The first-order valence-corrected chi connectivity index (χ1v) is 12.6. The Hall–Kier alpha value is -1.29. The lowest BCUT2D eigenvalue weighted by atomic mass is 10.2. The van der Waals surface area contributed by atoms with E-state index >= 15 is 0 Å². The third kappa shape index (κ3) is 7.34. The number of rotatable bonds is 7. The summed E-state index contributed by atoms with van der Waals surface area (Å²) in [7, 11) is 0.0349. The highest BCUT2D eigenvalue weighted by Crippen LogP contribution is 2.48. The molecule has 0 radical (unpaired) electrons. The summed E-state index contributed by atoms with van der Waals surface area (Å²) in [6.07, 6.45) is -3.40. The molecule has 1 aromatic carbocycles. The predicted octanol–water partition coefficient (Wildman–Crippen LogP) is 5.80. The van der Waals surface area contributed by atoms with Crippen molar-refractivity contribution in [2.75, 3.05) is 30.5 Å². The molecule has 1 aromatic heterocycles. The molecule has 0 bridgehead atoms. The molecule has 1 atom stereocenters. The van der Waals surface area contributed by atoms with Gasteiger partial charge in [-0.2, -0.15) is 31.4 Å². The Bertz CT molecular complexity index is 1050. The van der Waals surface area contributed by atoms with Crippen LogP contribution >= 0.6 is 46.7 Å². The zero-order valence-electron chi connectivity index (χ0n) is 16.6. The zero-order valence-corrected chi connectivity index (χ0v) is 20.5. The number of benzene rings is 1. The molecule has 17 heteroatoms. The van der Waals surface area contributed by atoms with Gasteiger partial charge in [-0.1, -0.05) is 23.2 Å². The van der Waals surface area contributed by atoms with Crippen molar-refractivity contribution in [1.82, 2.24) is 9.78 Å². The quantitative estimate of drug-likeness (QED) is 0.333. The molecule has 1 amide bonds. The van der Waals surface area contributed by atoms with E-state index in [2.05, 4.69) is 5.10 Å². The number of thioether (sulfide) groups is 2. The van der Waals surface area contributed by atoms with E-state index in [-0.39, 0.29) is 35.6 Å². The number of nitrogens with two attached hydrogens (primary N) is 1. The Morgan fingerprint density at radius 3 is 2.18 bits per heavy atom. The van der Waals surface area contributed by atoms with Gasteiger partial charge in [-0.25, -0.2) is 4.68 Å². The van der Waals surface area contributed by atoms with E-state index in [1.54, 1.807) is 0 Å². The van der Waals surface area contributed by atoms with Gasteiger partial charge in [0.15, 0.2) is 0 Å². The molecule has 2 aromatic rings. The lowest BCUT2D eigenvalue weighted by Crippen LogP contribution is -2.26. The monoisotopic (exact) mass is 574 g/mol. The van der Waals surface area contributed by atoms with Crippen molar-refractivity contribution >= 4 is 68.6 Å². The molecule has 6 nitrogen and oxygen atoms in total. The van der Waals surface area contributed by atoms with E-state index in [4.69, 9.17) is 28.9 Å². The summed E-state index contributed by atoms with van der Waals surface area (Å²) < 4.78 is 91.6. The summed E-state index contributed by atoms with van der Waals surface area (Å²) in [6, 6.07) is 1.10. The number of halogens is 8. The molecular formula is C16H14Cl2F6N4O2S3. The second kappa shape index (κ2) is 10.5. The Kier molecular flexibility index (Phi) is 8.93. The average molecular weight is 575 g/mol. The smallest absolute Gasteiger partial charge is 0.360 e. The molecule has 0 aliphatic heterocycles. The van der Waals surface area contributed by atoms with Crippen LogP contribution in [-0.2, 0) is 17.0 Å². The summed E-state index contributed by atoms with van der Waals surface area (Å²) in [5, 5.41) is 1.32. The summed E-state index contributed by atoms with van der Waals surface area (Å²) in [5.74, 6) is -0.236. The van der Waals surface area contributed by atoms with Crippen molar-refractivity contribution < 1.29 is 35.3 Å². The molecule has 0 saturated heterocycles. The van der Waals surface area contributed by atoms with Crippen LogP contribution in [0.15, 0.2) is 22.1 Å². The van der Waals surface area contributed by atoms with E-state index in [9.17, 15) is 35.3 Å². The van der Waals surface area contributed by atoms with Crippen molar-refractivity contribution in [3.05, 3.63) is 27.7 Å². The van der Waals surface area contributed by atoms with Crippen molar-refractivity contribution in [3.8, 4) is 5.69 Å². The van der Waals surface area contributed by atoms with E-state index in [1.165, 1.54) is 18.2 Å². The first-order chi connectivity index (χ1) is 15.0. The standard InChI is InChI=1S/C16H14Cl2F6N4O2S3/c1-27(3-4-33(2)30)13-11(32-16(22,23)24)12(31-14(25)29)26-28(13)10-8(17)5-7(6-9(10)18)15(19,20)21/h5-6H,3-4H2,1-2H3,(H2,25,29). The molecular weight excluding hydrogens is 561 g/mol. The fourth-order valence-corrected chi connectivity index (χ4v) is 5.15. The molecule has 0 saturated carbocycles. The number of anilines is 1. The van der Waals surface area contributed by atoms with Gasteiger partial charge in [0.1, 0.15) is 16.5 Å². The van der Waals surface area contributed by atoms with Crippen LogP contribution < -0.4 is 10.6 Å². The van der Waals surface area contributed by atoms with E-state index in [1.807, 2.05) is 0 Å². The minimum Gasteiger partial charge on any atom is -0.360 e. The lowest BCUT2D eigenvalue weighted by Gasteiger charge is -2.23. The molecule has 1 unspecified atom stereocenters. The molecule has 0 spiro atoms. The summed E-state index contributed by atoms with van der Waals surface area (Å²) in [4.78, 5) is 12.1. The van der Waals surface area contributed by atoms with Gasteiger partial charge in [0.25, 0.3) is 5.24 Å². The second-order valence-electron chi connectivity index (χ2n) is 6.32. The highest BCUT2D eigenvalue weighted by Gasteiger charge is 2.37. The van der Waals surface area contributed by atoms with E-state index in [0.717, 1.165) is 4.68 Å². The summed E-state index contributed by atoms with van der Waals surface area (Å²) >= 11 is 11.7. The fraction of sp³-hybridized carbons (Fsp3) is 0.375. The number of hydrogen-bond donors (Lipinski definition) is 1. The van der Waals surface area contributed by atoms with Gasteiger partial charge in [0, 0.05) is 36.4 Å². The van der Waals surface area contributed by atoms with Gasteiger partial charge in [0.05, 0.1) is 20.5 Å². The van der Waals surface area contributed by atoms with Gasteiger partial charge >= 0.3 is 11.7 Å². The van der Waals surface area contributed by atoms with E-state index < -0.39 is 65.0 Å². The van der Waals surface area contributed by atoms with Crippen molar-refractivity contribution in [3.63, 3.8) is 0 Å². The SMILES string of the molecule is CN(CCS(C)=O)c1c(SC(F)(F)F)c(SC(N)=O)nn1-c1c(Cl)cc(C(F)(F)F)cc1Cl. The van der Waals surface area contributed by atoms with Crippen LogP contribution in [0.4, 0.5) is 37.0 Å². The first kappa shape index (κ1) is 28.0. The van der Waals surface area contributed by atoms with Crippen molar-refractivity contribution in [1.29, 1.82) is 0 Å². The van der Waals surface area contributed by atoms with Crippen LogP contribution in [0.1, 0.15) is 5.56 Å². The second-order valence-corrected chi connectivity index (χ2v) is 10.8. The number of primary amides is 1. The molecule has 2 rings (SSSR count). The molecule has 2 N–H and O–H groups in total. The summed E-state index contributed by atoms with van der Waals surface area (Å²) in [6.45, 7) is -0.0310. The van der Waals surface area contributed by atoms with E-state index in [0.29, 0.717) is 12.1 Å². The highest BCUT2D eigenvalue weighted by molar-refractivity contribution is 8.14. The van der Waals surface area contributed by atoms with Gasteiger partial charge < -0.3 is 10.6 Å². The molecule has 0 fully saturated rings. The Balaban J connectivity index is 2.83. The molecule has 33 heavy (non-hydrogen) atoms. The normalized spacial score (nSPS) is 13.3. The maximum Gasteiger partial charge on any atom is 0.446 e. The Labute approximate surface area is 204 Å². The van der Waals surface area contributed by atoms with Gasteiger partial charge in [-0.05, 0) is 35.7 Å². The number of nitrogens with zero attached hydrogens (tertiary/aromatic N) is 3. The number of carbonyl (C=O) groups excluding carboxylic acids is 1. The third-order valence-electron chi connectivity index (χ3n) is 3.84. The number of carbonyl (C=O) groups is 1. The lowest BCUT2D eigenvalue weighted by molar-refractivity contribution is -0.137. The maximum absolute atomic E-state index is 13.3. The number of amides is 1. The highest BCUT2D eigenvalue weighted by atomic mass is 35.5. The fourth-order valence-electron chi connectivity index (χ4n) is 2.54. The van der Waals surface area contributed by atoms with Crippen LogP contribution in [0.2, 0.25) is 10.0 Å². The predicted molar refractivity (Wildman–Crippen MR) is 118 cm³/mol. The number of aromatic nitrogens is 2. The third-order valence-corrected chi connectivity index (χ3v) is 6.79. The molecule has 1 heterocycles. The van der Waals surface area contributed by atoms with Crippen LogP contribution in [0, 0.1) is 0 Å². The van der Waals surface area contributed by atoms with Crippen LogP contribution in [0.3, 0.4) is 0 Å². The molecule has 184 valence electrons. The zero-order chi connectivity index (χ0) is 25.3. The first-order valence-electron chi connectivity index (χ1n) is 8.45.